The molecule has 0 N–H and O–H groups in total. The number of Topliss-reactive ketones (excluding diaryl/α,β-unsaturated/α-hetero) is 1. The van der Waals surface area contributed by atoms with E-state index in [1.807, 2.05) is 6.92 Å². The van der Waals surface area contributed by atoms with E-state index >= 15 is 0 Å². The van der Waals surface area contributed by atoms with Crippen molar-refractivity contribution in [3.8, 4) is 0 Å². The first-order chi connectivity index (χ1) is 12.8. The summed E-state index contributed by atoms with van der Waals surface area (Å²) in [7, 11) is 0. The molecule has 27 heavy (non-hydrogen) atoms. The van der Waals surface area contributed by atoms with Crippen LogP contribution in [0.3, 0.4) is 0 Å². The third-order valence-corrected chi connectivity index (χ3v) is 5.64. The van der Waals surface area contributed by atoms with Crippen LogP contribution in [0.2, 0.25) is 0 Å². The van der Waals surface area contributed by atoms with Crippen LogP contribution >= 0.6 is 27.7 Å². The van der Waals surface area contributed by atoms with Gasteiger partial charge >= 0.3 is 0 Å². The lowest BCUT2D eigenvalue weighted by Crippen LogP contribution is -2.24. The van der Waals surface area contributed by atoms with Gasteiger partial charge in [0.1, 0.15) is 0 Å². The minimum Gasteiger partial charge on any atom is -0.293 e. The Hall–Kier alpha value is -2.06. The van der Waals surface area contributed by atoms with Gasteiger partial charge < -0.3 is 0 Å². The Labute approximate surface area is 166 Å². The third kappa shape index (κ3) is 3.96. The van der Waals surface area contributed by atoms with Crippen molar-refractivity contribution in [2.24, 2.45) is 0 Å². The molecule has 1 atom stereocenters. The Morgan fingerprint density at radius 1 is 1.22 bits per heavy atom. The first kappa shape index (κ1) is 19.7. The Balaban J connectivity index is 1.97. The van der Waals surface area contributed by atoms with Gasteiger partial charge in [-0.25, -0.2) is 13.8 Å². The molecule has 0 bridgehead atoms. The van der Waals surface area contributed by atoms with Crippen LogP contribution in [-0.4, -0.2) is 20.6 Å². The molecule has 0 saturated carbocycles. The van der Waals surface area contributed by atoms with Gasteiger partial charge in [-0.3, -0.25) is 14.2 Å². The highest BCUT2D eigenvalue weighted by Gasteiger charge is 2.21. The van der Waals surface area contributed by atoms with Crippen molar-refractivity contribution in [1.29, 1.82) is 0 Å². The number of rotatable bonds is 5. The minimum atomic E-state index is -1.07. The molecule has 0 aliphatic carbocycles. The molecule has 1 aromatic heterocycles. The van der Waals surface area contributed by atoms with E-state index in [1.54, 1.807) is 25.1 Å². The summed E-state index contributed by atoms with van der Waals surface area (Å²) in [5.74, 6) is -2.45. The lowest BCUT2D eigenvalue weighted by Gasteiger charge is -2.15. The number of nitrogens with zero attached hydrogens (tertiary/aromatic N) is 2. The van der Waals surface area contributed by atoms with Gasteiger partial charge in [-0.1, -0.05) is 27.7 Å². The molecule has 0 aliphatic heterocycles. The van der Waals surface area contributed by atoms with Crippen LogP contribution in [0, 0.1) is 11.6 Å². The molecule has 0 radical (unpaired) electrons. The topological polar surface area (TPSA) is 52.0 Å². The number of benzene rings is 2. The van der Waals surface area contributed by atoms with Crippen molar-refractivity contribution in [3.63, 3.8) is 0 Å². The zero-order chi connectivity index (χ0) is 19.7. The number of carbonyl (C=O) groups is 1. The standard InChI is InChI=1S/C19H15BrF2N2O2S/c1-3-24-18(26)13-9-12(20)5-7-16(13)23-19(24)27-10(2)17(25)11-4-6-14(21)15(22)8-11/h4-10H,3H2,1-2H3. The van der Waals surface area contributed by atoms with Gasteiger partial charge in [-0.15, -0.1) is 0 Å². The van der Waals surface area contributed by atoms with Crippen LogP contribution in [-0.2, 0) is 6.54 Å². The summed E-state index contributed by atoms with van der Waals surface area (Å²) >= 11 is 4.46. The summed E-state index contributed by atoms with van der Waals surface area (Å²) in [6.07, 6.45) is 0. The second kappa shape index (κ2) is 7.90. The predicted octanol–water partition coefficient (Wildman–Crippen LogP) is 4.82. The van der Waals surface area contributed by atoms with Crippen LogP contribution in [0.4, 0.5) is 8.78 Å². The fourth-order valence-electron chi connectivity index (χ4n) is 2.64. The molecular formula is C19H15BrF2N2O2S. The summed E-state index contributed by atoms with van der Waals surface area (Å²) in [6.45, 7) is 3.85. The van der Waals surface area contributed by atoms with Crippen LogP contribution in [0.25, 0.3) is 10.9 Å². The van der Waals surface area contributed by atoms with Crippen LogP contribution in [0.1, 0.15) is 24.2 Å². The van der Waals surface area contributed by atoms with E-state index in [4.69, 9.17) is 0 Å². The number of thioether (sulfide) groups is 1. The van der Waals surface area contributed by atoms with Gasteiger partial charge in [0, 0.05) is 16.6 Å². The van der Waals surface area contributed by atoms with Crippen LogP contribution in [0.15, 0.2) is 50.8 Å². The van der Waals surface area contributed by atoms with E-state index in [1.165, 1.54) is 10.6 Å². The van der Waals surface area contributed by atoms with Gasteiger partial charge in [-0.2, -0.15) is 0 Å². The Morgan fingerprint density at radius 3 is 2.63 bits per heavy atom. The maximum Gasteiger partial charge on any atom is 0.262 e. The van der Waals surface area contributed by atoms with E-state index in [9.17, 15) is 18.4 Å². The van der Waals surface area contributed by atoms with Crippen molar-refractivity contribution < 1.29 is 13.6 Å². The third-order valence-electron chi connectivity index (χ3n) is 4.05. The largest absolute Gasteiger partial charge is 0.293 e. The lowest BCUT2D eigenvalue weighted by molar-refractivity contribution is 0.0993. The van der Waals surface area contributed by atoms with Crippen LogP contribution in [0.5, 0.6) is 0 Å². The van der Waals surface area contributed by atoms with E-state index in [-0.39, 0.29) is 16.9 Å². The summed E-state index contributed by atoms with van der Waals surface area (Å²) in [6, 6.07) is 8.28. The predicted molar refractivity (Wildman–Crippen MR) is 105 cm³/mol. The van der Waals surface area contributed by atoms with Crippen molar-refractivity contribution in [3.05, 3.63) is 68.4 Å². The molecule has 4 nitrogen and oxygen atoms in total. The molecule has 3 rings (SSSR count). The van der Waals surface area contributed by atoms with E-state index < -0.39 is 16.9 Å². The normalized spacial score (nSPS) is 12.3. The van der Waals surface area contributed by atoms with Crippen molar-refractivity contribution >= 4 is 44.4 Å². The molecule has 1 unspecified atom stereocenters. The molecule has 0 saturated heterocycles. The molecule has 3 aromatic rings. The summed E-state index contributed by atoms with van der Waals surface area (Å²) in [5, 5.41) is 0.253. The first-order valence-corrected chi connectivity index (χ1v) is 9.85. The smallest absolute Gasteiger partial charge is 0.262 e. The highest BCUT2D eigenvalue weighted by Crippen LogP contribution is 2.26. The average Bonchev–Trinajstić information content (AvgIpc) is 2.64. The van der Waals surface area contributed by atoms with E-state index in [2.05, 4.69) is 20.9 Å². The quantitative estimate of drug-likeness (QED) is 0.316. The number of carbonyl (C=O) groups excluding carboxylic acids is 1. The fourth-order valence-corrected chi connectivity index (χ4v) is 4.05. The summed E-state index contributed by atoms with van der Waals surface area (Å²) in [5.41, 5.74) is 0.408. The number of halogens is 3. The van der Waals surface area contributed by atoms with E-state index in [0.717, 1.165) is 28.4 Å². The highest BCUT2D eigenvalue weighted by molar-refractivity contribution is 9.10. The Kier molecular flexibility index (Phi) is 5.76. The second-order valence-electron chi connectivity index (χ2n) is 5.86. The van der Waals surface area contributed by atoms with Crippen molar-refractivity contribution in [2.75, 3.05) is 0 Å². The number of aromatic nitrogens is 2. The zero-order valence-corrected chi connectivity index (χ0v) is 16.9. The highest BCUT2D eigenvalue weighted by atomic mass is 79.9. The Bertz CT molecular complexity index is 1100. The van der Waals surface area contributed by atoms with Gasteiger partial charge in [0.15, 0.2) is 22.6 Å². The zero-order valence-electron chi connectivity index (χ0n) is 14.5. The molecule has 8 heteroatoms. The average molecular weight is 453 g/mol. The lowest BCUT2D eigenvalue weighted by atomic mass is 10.1. The summed E-state index contributed by atoms with van der Waals surface area (Å²) < 4.78 is 28.8. The SMILES string of the molecule is CCn1c(SC(C)C(=O)c2ccc(F)c(F)c2)nc2ccc(Br)cc2c1=O. The maximum absolute atomic E-state index is 13.4. The maximum atomic E-state index is 13.4. The van der Waals surface area contributed by atoms with Crippen molar-refractivity contribution in [1.82, 2.24) is 9.55 Å². The Morgan fingerprint density at radius 2 is 1.96 bits per heavy atom. The van der Waals surface area contributed by atoms with Gasteiger partial charge in [0.2, 0.25) is 0 Å². The number of fused-ring (bicyclic) bond motifs is 1. The first-order valence-electron chi connectivity index (χ1n) is 8.17. The number of hydrogen-bond acceptors (Lipinski definition) is 4. The molecule has 140 valence electrons. The fraction of sp³-hybridized carbons (Fsp3) is 0.211. The second-order valence-corrected chi connectivity index (χ2v) is 8.08. The van der Waals surface area contributed by atoms with Gasteiger partial charge in [0.05, 0.1) is 16.2 Å². The molecule has 0 amide bonds. The molecule has 0 fully saturated rings. The molecular weight excluding hydrogens is 438 g/mol. The molecule has 0 spiro atoms. The van der Waals surface area contributed by atoms with E-state index in [0.29, 0.717) is 22.6 Å². The molecule has 2 aromatic carbocycles. The van der Waals surface area contributed by atoms with Gasteiger partial charge in [-0.05, 0) is 50.2 Å². The molecule has 0 aliphatic rings. The van der Waals surface area contributed by atoms with Crippen molar-refractivity contribution in [2.45, 2.75) is 30.8 Å². The minimum absolute atomic E-state index is 0.0732. The van der Waals surface area contributed by atoms with Crippen LogP contribution < -0.4 is 5.56 Å². The molecule has 1 heterocycles. The monoisotopic (exact) mass is 452 g/mol. The van der Waals surface area contributed by atoms with Gasteiger partial charge in [0.25, 0.3) is 5.56 Å². The number of hydrogen-bond donors (Lipinski definition) is 0. The number of ketones is 1. The summed E-state index contributed by atoms with van der Waals surface area (Å²) in [4.78, 5) is 29.8.